The summed E-state index contributed by atoms with van der Waals surface area (Å²) in [6.45, 7) is 7.96. The highest BCUT2D eigenvalue weighted by Gasteiger charge is 2.13. The van der Waals surface area contributed by atoms with Crippen molar-refractivity contribution in [3.8, 4) is 0 Å². The Kier molecular flexibility index (Phi) is 5.20. The van der Waals surface area contributed by atoms with E-state index in [1.807, 2.05) is 39.8 Å². The Morgan fingerprint density at radius 3 is 2.21 bits per heavy atom. The summed E-state index contributed by atoms with van der Waals surface area (Å²) in [6, 6.07) is 7.23. The predicted octanol–water partition coefficient (Wildman–Crippen LogP) is 1.84. The lowest BCUT2D eigenvalue weighted by Gasteiger charge is -2.22. The Bertz CT molecular complexity index is 707. The third-order valence-corrected chi connectivity index (χ3v) is 3.05. The molecule has 0 saturated heterocycles. The van der Waals surface area contributed by atoms with E-state index < -0.39 is 0 Å². The zero-order valence-corrected chi connectivity index (χ0v) is 14.3. The third kappa shape index (κ3) is 4.82. The minimum Gasteiger partial charge on any atom is -0.393 e. The second kappa shape index (κ2) is 7.14. The maximum Gasteiger partial charge on any atom is 0.269 e. The Balaban J connectivity index is 2.02. The van der Waals surface area contributed by atoms with Crippen LogP contribution in [0.5, 0.6) is 0 Å². The number of nitrogens with one attached hydrogen (secondary N) is 4. The first-order valence-corrected chi connectivity index (χ1v) is 7.53. The van der Waals surface area contributed by atoms with Crippen molar-refractivity contribution < 1.29 is 4.79 Å². The minimum atomic E-state index is -0.282. The number of hydrazine groups is 2. The van der Waals surface area contributed by atoms with Gasteiger partial charge >= 0.3 is 0 Å². The second-order valence-electron chi connectivity index (χ2n) is 6.43. The molecule has 1 aromatic carbocycles. The number of benzene rings is 1. The van der Waals surface area contributed by atoms with Crippen LogP contribution in [0.25, 0.3) is 0 Å². The minimum absolute atomic E-state index is 0.162. The molecule has 2 rings (SSSR count). The Morgan fingerprint density at radius 2 is 1.62 bits per heavy atom. The van der Waals surface area contributed by atoms with Crippen molar-refractivity contribution in [2.45, 2.75) is 33.2 Å². The molecule has 0 fully saturated rings. The standard InChI is InChI=1S/C16H23N7O/c1-10-5-7-11(8-6-10)15(24)22-20-13-12(17)14(19-9-18-13)21-23-16(2,3)4/h5-9,23H,17H2,1-4H3,(H,22,24)(H2,18,19,20,21). The number of carbonyl (C=O) groups is 1. The first-order chi connectivity index (χ1) is 11.3. The van der Waals surface area contributed by atoms with Crippen LogP contribution in [0.1, 0.15) is 36.7 Å². The average molecular weight is 329 g/mol. The van der Waals surface area contributed by atoms with E-state index in [1.54, 1.807) is 12.1 Å². The fourth-order valence-electron chi connectivity index (χ4n) is 1.73. The van der Waals surface area contributed by atoms with E-state index in [-0.39, 0.29) is 11.4 Å². The van der Waals surface area contributed by atoms with Gasteiger partial charge in [-0.05, 0) is 39.8 Å². The summed E-state index contributed by atoms with van der Waals surface area (Å²) in [5.74, 6) is 0.450. The van der Waals surface area contributed by atoms with Crippen molar-refractivity contribution >= 4 is 23.2 Å². The number of hydrogen-bond acceptors (Lipinski definition) is 7. The Hall–Kier alpha value is -2.87. The molecule has 0 saturated carbocycles. The molecule has 0 aliphatic carbocycles. The lowest BCUT2D eigenvalue weighted by Crippen LogP contribution is -2.40. The van der Waals surface area contributed by atoms with Crippen LogP contribution in [0, 0.1) is 6.92 Å². The number of carbonyl (C=O) groups excluding carboxylic acids is 1. The van der Waals surface area contributed by atoms with E-state index in [0.29, 0.717) is 22.9 Å². The number of hydrogen-bond donors (Lipinski definition) is 5. The van der Waals surface area contributed by atoms with Gasteiger partial charge in [-0.25, -0.2) is 15.4 Å². The predicted molar refractivity (Wildman–Crippen MR) is 95.2 cm³/mol. The lowest BCUT2D eigenvalue weighted by molar-refractivity contribution is 0.0962. The van der Waals surface area contributed by atoms with Crippen LogP contribution in [0.2, 0.25) is 0 Å². The van der Waals surface area contributed by atoms with Crippen LogP contribution in [0.15, 0.2) is 30.6 Å². The number of rotatable bonds is 5. The zero-order chi connectivity index (χ0) is 17.7. The van der Waals surface area contributed by atoms with E-state index in [9.17, 15) is 4.79 Å². The van der Waals surface area contributed by atoms with E-state index in [2.05, 4.69) is 31.7 Å². The molecule has 1 heterocycles. The molecule has 1 amide bonds. The van der Waals surface area contributed by atoms with E-state index in [1.165, 1.54) is 6.33 Å². The molecule has 0 spiro atoms. The highest BCUT2D eigenvalue weighted by Crippen LogP contribution is 2.21. The molecule has 0 radical (unpaired) electrons. The fraction of sp³-hybridized carbons (Fsp3) is 0.312. The van der Waals surface area contributed by atoms with Gasteiger partial charge in [-0.3, -0.25) is 15.6 Å². The molecule has 24 heavy (non-hydrogen) atoms. The first-order valence-electron chi connectivity index (χ1n) is 7.53. The van der Waals surface area contributed by atoms with Crippen LogP contribution in [-0.2, 0) is 0 Å². The molecule has 1 aromatic heterocycles. The number of nitrogen functional groups attached to an aromatic ring is 1. The van der Waals surface area contributed by atoms with Gasteiger partial charge in [-0.15, -0.1) is 0 Å². The molecular formula is C16H23N7O. The van der Waals surface area contributed by atoms with Gasteiger partial charge in [-0.2, -0.15) is 0 Å². The normalized spacial score (nSPS) is 11.0. The topological polar surface area (TPSA) is 117 Å². The van der Waals surface area contributed by atoms with Crippen molar-refractivity contribution in [2.24, 2.45) is 0 Å². The van der Waals surface area contributed by atoms with Gasteiger partial charge < -0.3 is 11.2 Å². The summed E-state index contributed by atoms with van der Waals surface area (Å²) in [4.78, 5) is 20.2. The van der Waals surface area contributed by atoms with Gasteiger partial charge in [0.1, 0.15) is 12.0 Å². The third-order valence-electron chi connectivity index (χ3n) is 3.05. The summed E-state index contributed by atoms with van der Waals surface area (Å²) in [7, 11) is 0. The smallest absolute Gasteiger partial charge is 0.269 e. The highest BCUT2D eigenvalue weighted by molar-refractivity contribution is 5.95. The van der Waals surface area contributed by atoms with Gasteiger partial charge in [0, 0.05) is 11.1 Å². The van der Waals surface area contributed by atoms with Gasteiger partial charge in [0.25, 0.3) is 5.91 Å². The molecule has 6 N–H and O–H groups in total. The second-order valence-corrected chi connectivity index (χ2v) is 6.43. The molecule has 0 unspecified atom stereocenters. The highest BCUT2D eigenvalue weighted by atomic mass is 16.2. The number of aromatic nitrogens is 2. The molecule has 0 bridgehead atoms. The summed E-state index contributed by atoms with van der Waals surface area (Å²) < 4.78 is 0. The summed E-state index contributed by atoms with van der Waals surface area (Å²) in [5, 5.41) is 0. The van der Waals surface area contributed by atoms with E-state index >= 15 is 0 Å². The van der Waals surface area contributed by atoms with Crippen LogP contribution in [0.4, 0.5) is 17.3 Å². The maximum atomic E-state index is 12.1. The monoisotopic (exact) mass is 329 g/mol. The van der Waals surface area contributed by atoms with Crippen LogP contribution in [-0.4, -0.2) is 21.4 Å². The Labute approximate surface area is 141 Å². The van der Waals surface area contributed by atoms with Crippen molar-refractivity contribution in [2.75, 3.05) is 16.6 Å². The summed E-state index contributed by atoms with van der Waals surface area (Å²) in [6.07, 6.45) is 1.35. The fourth-order valence-corrected chi connectivity index (χ4v) is 1.73. The van der Waals surface area contributed by atoms with Gasteiger partial charge in [0.05, 0.1) is 0 Å². The lowest BCUT2D eigenvalue weighted by atomic mass is 10.1. The Morgan fingerprint density at radius 1 is 1.04 bits per heavy atom. The van der Waals surface area contributed by atoms with Crippen LogP contribution < -0.4 is 27.4 Å². The summed E-state index contributed by atoms with van der Waals surface area (Å²) >= 11 is 0. The number of anilines is 3. The number of nitrogens with two attached hydrogens (primary N) is 1. The molecule has 0 aliphatic heterocycles. The van der Waals surface area contributed by atoms with E-state index in [0.717, 1.165) is 5.56 Å². The zero-order valence-electron chi connectivity index (χ0n) is 14.3. The van der Waals surface area contributed by atoms with Crippen LogP contribution >= 0.6 is 0 Å². The number of aryl methyl sites for hydroxylation is 1. The van der Waals surface area contributed by atoms with Crippen molar-refractivity contribution in [1.29, 1.82) is 0 Å². The van der Waals surface area contributed by atoms with Gasteiger partial charge in [0.2, 0.25) is 0 Å². The van der Waals surface area contributed by atoms with Crippen molar-refractivity contribution in [3.63, 3.8) is 0 Å². The molecule has 8 nitrogen and oxygen atoms in total. The number of nitrogens with zero attached hydrogens (tertiary/aromatic N) is 2. The van der Waals surface area contributed by atoms with Gasteiger partial charge in [0.15, 0.2) is 11.6 Å². The maximum absolute atomic E-state index is 12.1. The largest absolute Gasteiger partial charge is 0.393 e. The van der Waals surface area contributed by atoms with E-state index in [4.69, 9.17) is 5.73 Å². The van der Waals surface area contributed by atoms with Gasteiger partial charge in [-0.1, -0.05) is 17.7 Å². The molecule has 8 heteroatoms. The molecule has 2 aromatic rings. The molecule has 0 atom stereocenters. The summed E-state index contributed by atoms with van der Waals surface area (Å²) in [5.41, 5.74) is 19.1. The van der Waals surface area contributed by atoms with Crippen molar-refractivity contribution in [1.82, 2.24) is 20.8 Å². The average Bonchev–Trinajstić information content (AvgIpc) is 2.52. The molecule has 128 valence electrons. The van der Waals surface area contributed by atoms with Crippen molar-refractivity contribution in [3.05, 3.63) is 41.7 Å². The molecular weight excluding hydrogens is 306 g/mol. The molecule has 0 aliphatic rings. The SMILES string of the molecule is Cc1ccc(C(=O)NNc2ncnc(NNC(C)(C)C)c2N)cc1. The van der Waals surface area contributed by atoms with Crippen LogP contribution in [0.3, 0.4) is 0 Å². The number of amides is 1. The first kappa shape index (κ1) is 17.5. The quantitative estimate of drug-likeness (QED) is 0.531.